The second kappa shape index (κ2) is 6.18. The quantitative estimate of drug-likeness (QED) is 0.363. The van der Waals surface area contributed by atoms with Gasteiger partial charge in [-0.2, -0.15) is 0 Å². The van der Waals surface area contributed by atoms with Crippen LogP contribution in [0.15, 0.2) is 35.9 Å². The summed E-state index contributed by atoms with van der Waals surface area (Å²) in [7, 11) is 1.23. The van der Waals surface area contributed by atoms with Crippen LogP contribution in [0.25, 0.3) is 6.08 Å². The zero-order valence-electron chi connectivity index (χ0n) is 11.6. The number of esters is 2. The lowest BCUT2D eigenvalue weighted by molar-refractivity contribution is -0.153. The normalized spacial score (nSPS) is 11.9. The summed E-state index contributed by atoms with van der Waals surface area (Å²) in [6, 6.07) is 9.05. The van der Waals surface area contributed by atoms with Crippen LogP contribution in [0.3, 0.4) is 0 Å². The lowest BCUT2D eigenvalue weighted by Crippen LogP contribution is -2.27. The highest BCUT2D eigenvalue weighted by Gasteiger charge is 2.25. The van der Waals surface area contributed by atoms with Crippen LogP contribution < -0.4 is 0 Å². The van der Waals surface area contributed by atoms with Crippen molar-refractivity contribution in [3.63, 3.8) is 0 Å². The topological polar surface area (TPSA) is 52.6 Å². The first-order chi connectivity index (χ1) is 8.83. The Morgan fingerprint density at radius 3 is 2.11 bits per heavy atom. The molecule has 19 heavy (non-hydrogen) atoms. The van der Waals surface area contributed by atoms with E-state index in [0.717, 1.165) is 5.56 Å². The van der Waals surface area contributed by atoms with Crippen molar-refractivity contribution in [1.82, 2.24) is 0 Å². The van der Waals surface area contributed by atoms with Gasteiger partial charge >= 0.3 is 11.9 Å². The van der Waals surface area contributed by atoms with Crippen LogP contribution in [0.5, 0.6) is 0 Å². The van der Waals surface area contributed by atoms with Gasteiger partial charge in [0, 0.05) is 0 Å². The van der Waals surface area contributed by atoms with E-state index < -0.39 is 17.5 Å². The Labute approximate surface area is 113 Å². The predicted molar refractivity (Wildman–Crippen MR) is 72.3 cm³/mol. The molecular formula is C15H18O4. The molecule has 0 aromatic heterocycles. The maximum atomic E-state index is 12.0. The molecule has 0 saturated carbocycles. The zero-order valence-corrected chi connectivity index (χ0v) is 11.6. The van der Waals surface area contributed by atoms with E-state index in [1.165, 1.54) is 13.2 Å². The standard InChI is InChI=1S/C15H18O4/c1-15(2,3)19-14(17)12(13(16)18-4)10-11-8-6-5-7-9-11/h5-10H,1-4H3. The Kier molecular flexibility index (Phi) is 4.87. The van der Waals surface area contributed by atoms with Gasteiger partial charge < -0.3 is 9.47 Å². The van der Waals surface area contributed by atoms with Crippen molar-refractivity contribution in [3.05, 3.63) is 41.5 Å². The molecule has 0 fully saturated rings. The molecule has 0 N–H and O–H groups in total. The van der Waals surface area contributed by atoms with Crippen molar-refractivity contribution < 1.29 is 19.1 Å². The molecule has 0 saturated heterocycles. The van der Waals surface area contributed by atoms with E-state index in [0.29, 0.717) is 0 Å². The third-order valence-electron chi connectivity index (χ3n) is 2.13. The predicted octanol–water partition coefficient (Wildman–Crippen LogP) is 2.58. The highest BCUT2D eigenvalue weighted by Crippen LogP contribution is 2.15. The molecule has 0 aliphatic carbocycles. The van der Waals surface area contributed by atoms with Crippen molar-refractivity contribution >= 4 is 18.0 Å². The van der Waals surface area contributed by atoms with Gasteiger partial charge in [0.1, 0.15) is 11.2 Å². The van der Waals surface area contributed by atoms with Crippen molar-refractivity contribution in [2.24, 2.45) is 0 Å². The van der Waals surface area contributed by atoms with Crippen molar-refractivity contribution in [3.8, 4) is 0 Å². The molecule has 4 heteroatoms. The van der Waals surface area contributed by atoms with Crippen molar-refractivity contribution in [1.29, 1.82) is 0 Å². The van der Waals surface area contributed by atoms with Gasteiger partial charge in [0.05, 0.1) is 7.11 Å². The first kappa shape index (κ1) is 15.0. The smallest absolute Gasteiger partial charge is 0.346 e. The Morgan fingerprint density at radius 2 is 1.63 bits per heavy atom. The number of benzene rings is 1. The van der Waals surface area contributed by atoms with Crippen LogP contribution in [-0.2, 0) is 19.1 Å². The molecule has 0 bridgehead atoms. The van der Waals surface area contributed by atoms with Crippen LogP contribution in [-0.4, -0.2) is 24.6 Å². The molecule has 1 aromatic carbocycles. The van der Waals surface area contributed by atoms with E-state index in [9.17, 15) is 9.59 Å². The third-order valence-corrected chi connectivity index (χ3v) is 2.13. The van der Waals surface area contributed by atoms with E-state index in [4.69, 9.17) is 4.74 Å². The van der Waals surface area contributed by atoms with E-state index >= 15 is 0 Å². The fourth-order valence-corrected chi connectivity index (χ4v) is 1.36. The Bertz CT molecular complexity index is 481. The maximum absolute atomic E-state index is 12.0. The molecule has 4 nitrogen and oxygen atoms in total. The minimum atomic E-state index is -0.710. The molecule has 0 aliphatic rings. The first-order valence-corrected chi connectivity index (χ1v) is 5.92. The summed E-state index contributed by atoms with van der Waals surface area (Å²) < 4.78 is 9.80. The molecular weight excluding hydrogens is 244 g/mol. The number of ether oxygens (including phenoxy) is 2. The van der Waals surface area contributed by atoms with Gasteiger partial charge in [-0.1, -0.05) is 30.3 Å². The van der Waals surface area contributed by atoms with Gasteiger partial charge in [-0.3, -0.25) is 0 Å². The molecule has 0 spiro atoms. The van der Waals surface area contributed by atoms with E-state index in [-0.39, 0.29) is 5.57 Å². The molecule has 0 radical (unpaired) electrons. The largest absolute Gasteiger partial charge is 0.465 e. The van der Waals surface area contributed by atoms with E-state index in [1.807, 2.05) is 18.2 Å². The van der Waals surface area contributed by atoms with Crippen LogP contribution in [0.1, 0.15) is 26.3 Å². The second-order valence-electron chi connectivity index (χ2n) is 4.96. The summed E-state index contributed by atoms with van der Waals surface area (Å²) in [6.07, 6.45) is 1.46. The minimum Gasteiger partial charge on any atom is -0.465 e. The fraction of sp³-hybridized carbons (Fsp3) is 0.333. The third kappa shape index (κ3) is 4.95. The molecule has 1 rings (SSSR count). The Balaban J connectivity index is 3.06. The zero-order chi connectivity index (χ0) is 14.5. The van der Waals surface area contributed by atoms with Crippen LogP contribution >= 0.6 is 0 Å². The molecule has 102 valence electrons. The number of methoxy groups -OCH3 is 1. The van der Waals surface area contributed by atoms with E-state index in [2.05, 4.69) is 4.74 Å². The van der Waals surface area contributed by atoms with Gasteiger partial charge in [0.25, 0.3) is 0 Å². The van der Waals surface area contributed by atoms with Gasteiger partial charge in [0.15, 0.2) is 0 Å². The van der Waals surface area contributed by atoms with Gasteiger partial charge in [0.2, 0.25) is 0 Å². The van der Waals surface area contributed by atoms with Crippen LogP contribution in [0, 0.1) is 0 Å². The van der Waals surface area contributed by atoms with Gasteiger partial charge in [-0.15, -0.1) is 0 Å². The summed E-state index contributed by atoms with van der Waals surface area (Å²) in [4.78, 5) is 23.6. The summed E-state index contributed by atoms with van der Waals surface area (Å²) in [5, 5.41) is 0. The lowest BCUT2D eigenvalue weighted by Gasteiger charge is -2.19. The van der Waals surface area contributed by atoms with Gasteiger partial charge in [-0.05, 0) is 32.4 Å². The summed E-state index contributed by atoms with van der Waals surface area (Å²) in [5.74, 6) is -1.40. The Hall–Kier alpha value is -2.10. The molecule has 0 unspecified atom stereocenters. The molecule has 0 aliphatic heterocycles. The number of carbonyl (C=O) groups excluding carboxylic acids is 2. The number of hydrogen-bond donors (Lipinski definition) is 0. The van der Waals surface area contributed by atoms with Crippen molar-refractivity contribution in [2.75, 3.05) is 7.11 Å². The second-order valence-corrected chi connectivity index (χ2v) is 4.96. The van der Waals surface area contributed by atoms with E-state index in [1.54, 1.807) is 32.9 Å². The van der Waals surface area contributed by atoms with Crippen LogP contribution in [0.4, 0.5) is 0 Å². The number of hydrogen-bond acceptors (Lipinski definition) is 4. The SMILES string of the molecule is COC(=O)C(=Cc1ccccc1)C(=O)OC(C)(C)C. The number of carbonyl (C=O) groups is 2. The van der Waals surface area contributed by atoms with Crippen molar-refractivity contribution in [2.45, 2.75) is 26.4 Å². The lowest BCUT2D eigenvalue weighted by atomic mass is 10.1. The average molecular weight is 262 g/mol. The molecule has 0 amide bonds. The van der Waals surface area contributed by atoms with Crippen LogP contribution in [0.2, 0.25) is 0 Å². The summed E-state index contributed by atoms with van der Waals surface area (Å²) in [5.41, 5.74) is -0.0571. The Morgan fingerprint density at radius 1 is 1.05 bits per heavy atom. The molecule has 1 aromatic rings. The molecule has 0 heterocycles. The number of rotatable bonds is 3. The summed E-state index contributed by atoms with van der Waals surface area (Å²) >= 11 is 0. The highest BCUT2D eigenvalue weighted by atomic mass is 16.6. The minimum absolute atomic E-state index is 0.122. The van der Waals surface area contributed by atoms with Gasteiger partial charge in [-0.25, -0.2) is 9.59 Å². The summed E-state index contributed by atoms with van der Waals surface area (Å²) in [6.45, 7) is 5.22. The maximum Gasteiger partial charge on any atom is 0.346 e. The highest BCUT2D eigenvalue weighted by molar-refractivity contribution is 6.17. The fourth-order valence-electron chi connectivity index (χ4n) is 1.36. The monoisotopic (exact) mass is 262 g/mol. The average Bonchev–Trinajstić information content (AvgIpc) is 2.34. The first-order valence-electron chi connectivity index (χ1n) is 5.92. The molecule has 0 atom stereocenters.